The monoisotopic (exact) mass is 231 g/mol. The Hall–Kier alpha value is -0.640. The zero-order chi connectivity index (χ0) is 11.4. The Morgan fingerprint density at radius 2 is 2.13 bits per heavy atom. The average molecular weight is 232 g/mol. The van der Waals surface area contributed by atoms with Crippen LogP contribution in [0.2, 0.25) is 5.02 Å². The highest BCUT2D eigenvalue weighted by Crippen LogP contribution is 2.23. The molecule has 4 heteroatoms. The summed E-state index contributed by atoms with van der Waals surface area (Å²) in [6.07, 6.45) is -0.162. The quantitative estimate of drug-likeness (QED) is 0.865. The number of ether oxygens (including phenoxy) is 1. The highest BCUT2D eigenvalue weighted by molar-refractivity contribution is 6.30. The van der Waals surface area contributed by atoms with Gasteiger partial charge in [0.1, 0.15) is 5.82 Å². The summed E-state index contributed by atoms with van der Waals surface area (Å²) in [6, 6.07) is 4.52. The van der Waals surface area contributed by atoms with E-state index >= 15 is 0 Å². The van der Waals surface area contributed by atoms with Crippen molar-refractivity contribution in [1.82, 2.24) is 0 Å². The molecule has 1 aromatic rings. The van der Waals surface area contributed by atoms with E-state index < -0.39 is 5.82 Å². The van der Waals surface area contributed by atoms with Crippen molar-refractivity contribution in [2.45, 2.75) is 26.1 Å². The van der Waals surface area contributed by atoms with E-state index in [0.29, 0.717) is 6.54 Å². The summed E-state index contributed by atoms with van der Waals surface area (Å²) in [5.74, 6) is -0.430. The lowest BCUT2D eigenvalue weighted by Crippen LogP contribution is -2.19. The van der Waals surface area contributed by atoms with Gasteiger partial charge >= 0.3 is 0 Å². The van der Waals surface area contributed by atoms with Gasteiger partial charge in [-0.05, 0) is 31.5 Å². The Morgan fingerprint density at radius 3 is 2.60 bits per heavy atom. The van der Waals surface area contributed by atoms with Crippen molar-refractivity contribution < 1.29 is 9.13 Å². The summed E-state index contributed by atoms with van der Waals surface area (Å²) in [7, 11) is 0. The molecule has 0 aliphatic heterocycles. The minimum Gasteiger partial charge on any atom is -0.370 e. The predicted molar refractivity (Wildman–Crippen MR) is 59.4 cm³/mol. The second kappa shape index (κ2) is 5.45. The highest BCUT2D eigenvalue weighted by Gasteiger charge is 2.13. The molecule has 0 spiro atoms. The van der Waals surface area contributed by atoms with Gasteiger partial charge in [0.05, 0.1) is 17.2 Å². The molecule has 0 heterocycles. The number of rotatable bonds is 4. The van der Waals surface area contributed by atoms with Crippen LogP contribution in [0.5, 0.6) is 0 Å². The van der Waals surface area contributed by atoms with E-state index in [1.165, 1.54) is 6.07 Å². The molecule has 84 valence electrons. The lowest BCUT2D eigenvalue weighted by atomic mass is 10.1. The minimum absolute atomic E-state index is 0.0716. The van der Waals surface area contributed by atoms with Crippen LogP contribution in [0.3, 0.4) is 0 Å². The van der Waals surface area contributed by atoms with Gasteiger partial charge in [-0.1, -0.05) is 17.7 Å². The molecule has 0 saturated carbocycles. The van der Waals surface area contributed by atoms with Gasteiger partial charge in [-0.3, -0.25) is 0 Å². The van der Waals surface area contributed by atoms with Gasteiger partial charge in [0.2, 0.25) is 0 Å². The van der Waals surface area contributed by atoms with E-state index in [0.717, 1.165) is 5.56 Å². The molecule has 2 nitrogen and oxygen atoms in total. The Balaban J connectivity index is 2.87. The first-order valence-corrected chi connectivity index (χ1v) is 5.23. The number of nitrogens with two attached hydrogens (primary N) is 1. The summed E-state index contributed by atoms with van der Waals surface area (Å²) in [4.78, 5) is 0. The summed E-state index contributed by atoms with van der Waals surface area (Å²) in [5, 5.41) is 0.0957. The molecule has 0 aromatic heterocycles. The molecule has 0 fully saturated rings. The Labute approximate surface area is 94.2 Å². The third-order valence-corrected chi connectivity index (χ3v) is 2.26. The Bertz CT molecular complexity index is 330. The third kappa shape index (κ3) is 3.45. The molecule has 1 atom stereocenters. The fourth-order valence-electron chi connectivity index (χ4n) is 1.31. The largest absolute Gasteiger partial charge is 0.370 e. The zero-order valence-corrected chi connectivity index (χ0v) is 9.59. The van der Waals surface area contributed by atoms with Crippen LogP contribution in [0.1, 0.15) is 25.5 Å². The van der Waals surface area contributed by atoms with E-state index in [2.05, 4.69) is 0 Å². The minimum atomic E-state index is -0.430. The summed E-state index contributed by atoms with van der Waals surface area (Å²) in [6.45, 7) is 4.20. The Morgan fingerprint density at radius 1 is 1.47 bits per heavy atom. The molecule has 0 radical (unpaired) electrons. The van der Waals surface area contributed by atoms with Crippen LogP contribution in [0.15, 0.2) is 18.2 Å². The first-order chi connectivity index (χ1) is 7.04. The lowest BCUT2D eigenvalue weighted by molar-refractivity contribution is 0.0119. The molecule has 1 rings (SSSR count). The van der Waals surface area contributed by atoms with Crippen LogP contribution in [0.4, 0.5) is 4.39 Å². The van der Waals surface area contributed by atoms with Crippen molar-refractivity contribution in [3.63, 3.8) is 0 Å². The number of hydrogen-bond acceptors (Lipinski definition) is 2. The molecule has 15 heavy (non-hydrogen) atoms. The van der Waals surface area contributed by atoms with Gasteiger partial charge < -0.3 is 10.5 Å². The second-order valence-electron chi connectivity index (χ2n) is 3.58. The third-order valence-electron chi connectivity index (χ3n) is 1.97. The summed E-state index contributed by atoms with van der Waals surface area (Å²) < 4.78 is 18.5. The van der Waals surface area contributed by atoms with Crippen molar-refractivity contribution in [2.75, 3.05) is 6.54 Å². The first kappa shape index (κ1) is 12.4. The Kier molecular flexibility index (Phi) is 4.51. The van der Waals surface area contributed by atoms with Crippen LogP contribution in [-0.2, 0) is 4.74 Å². The topological polar surface area (TPSA) is 35.2 Å². The zero-order valence-electron chi connectivity index (χ0n) is 8.84. The standard InChI is InChI=1S/C11H15ClFNO/c1-7(2)15-11(6-14)8-3-4-10(13)9(12)5-8/h3-5,7,11H,6,14H2,1-2H3. The average Bonchev–Trinajstić information content (AvgIpc) is 2.18. The smallest absolute Gasteiger partial charge is 0.141 e. The fraction of sp³-hybridized carbons (Fsp3) is 0.455. The van der Waals surface area contributed by atoms with E-state index in [1.54, 1.807) is 12.1 Å². The normalized spacial score (nSPS) is 13.2. The molecule has 1 aromatic carbocycles. The van der Waals surface area contributed by atoms with E-state index in [4.69, 9.17) is 22.1 Å². The van der Waals surface area contributed by atoms with Crippen molar-refractivity contribution in [3.8, 4) is 0 Å². The van der Waals surface area contributed by atoms with Crippen LogP contribution in [-0.4, -0.2) is 12.6 Å². The molecule has 0 bridgehead atoms. The first-order valence-electron chi connectivity index (χ1n) is 4.85. The van der Waals surface area contributed by atoms with E-state index in [-0.39, 0.29) is 17.2 Å². The summed E-state index contributed by atoms with van der Waals surface area (Å²) in [5.41, 5.74) is 6.38. The van der Waals surface area contributed by atoms with Gasteiger partial charge in [-0.25, -0.2) is 4.39 Å². The van der Waals surface area contributed by atoms with Crippen molar-refractivity contribution in [1.29, 1.82) is 0 Å². The number of benzene rings is 1. The molecule has 2 N–H and O–H groups in total. The van der Waals surface area contributed by atoms with E-state index in [9.17, 15) is 4.39 Å². The van der Waals surface area contributed by atoms with Crippen molar-refractivity contribution in [3.05, 3.63) is 34.6 Å². The fourth-order valence-corrected chi connectivity index (χ4v) is 1.50. The van der Waals surface area contributed by atoms with Gasteiger partial charge in [0.15, 0.2) is 0 Å². The van der Waals surface area contributed by atoms with E-state index in [1.807, 2.05) is 13.8 Å². The lowest BCUT2D eigenvalue weighted by Gasteiger charge is -2.19. The van der Waals surface area contributed by atoms with Crippen LogP contribution in [0.25, 0.3) is 0 Å². The van der Waals surface area contributed by atoms with Gasteiger partial charge in [0.25, 0.3) is 0 Å². The maximum atomic E-state index is 12.9. The van der Waals surface area contributed by atoms with Crippen LogP contribution in [0, 0.1) is 5.82 Å². The maximum Gasteiger partial charge on any atom is 0.141 e. The molecule has 1 unspecified atom stereocenters. The van der Waals surface area contributed by atoms with Crippen LogP contribution >= 0.6 is 11.6 Å². The molecule has 0 aliphatic rings. The second-order valence-corrected chi connectivity index (χ2v) is 3.99. The molecule has 0 amide bonds. The van der Waals surface area contributed by atoms with Gasteiger partial charge in [-0.2, -0.15) is 0 Å². The van der Waals surface area contributed by atoms with Crippen molar-refractivity contribution >= 4 is 11.6 Å². The predicted octanol–water partition coefficient (Wildman–Crippen LogP) is 2.90. The molecule has 0 aliphatic carbocycles. The van der Waals surface area contributed by atoms with Crippen molar-refractivity contribution in [2.24, 2.45) is 5.73 Å². The van der Waals surface area contributed by atoms with Gasteiger partial charge in [0, 0.05) is 6.54 Å². The van der Waals surface area contributed by atoms with Crippen LogP contribution < -0.4 is 5.73 Å². The SMILES string of the molecule is CC(C)OC(CN)c1ccc(F)c(Cl)c1. The van der Waals surface area contributed by atoms with Gasteiger partial charge in [-0.15, -0.1) is 0 Å². The summed E-state index contributed by atoms with van der Waals surface area (Å²) >= 11 is 5.68. The molecular formula is C11H15ClFNO. The molecule has 0 saturated heterocycles. The number of hydrogen-bond donors (Lipinski definition) is 1. The number of halogens is 2. The maximum absolute atomic E-state index is 12.9. The molecular weight excluding hydrogens is 217 g/mol. The highest BCUT2D eigenvalue weighted by atomic mass is 35.5.